The molecule has 0 atom stereocenters. The Labute approximate surface area is 197 Å². The highest BCUT2D eigenvalue weighted by atomic mass is 28.5. The van der Waals surface area contributed by atoms with E-state index < -0.39 is 51.1 Å². The van der Waals surface area contributed by atoms with Gasteiger partial charge in [0.05, 0.1) is 0 Å². The molecule has 10 heteroatoms. The molecule has 0 unspecified atom stereocenters. The lowest BCUT2D eigenvalue weighted by Gasteiger charge is -2.38. The van der Waals surface area contributed by atoms with Crippen LogP contribution in [0.4, 0.5) is 0 Å². The van der Waals surface area contributed by atoms with Gasteiger partial charge in [0.2, 0.25) is 0 Å². The third kappa shape index (κ3) is 31.1. The van der Waals surface area contributed by atoms with Crippen molar-refractivity contribution in [1.82, 2.24) is 0 Å². The zero-order chi connectivity index (χ0) is 25.0. The molecule has 0 radical (unpaired) electrons. The van der Waals surface area contributed by atoms with Crippen LogP contribution in [0.15, 0.2) is 12.7 Å². The lowest BCUT2D eigenvalue weighted by molar-refractivity contribution is 0.383. The van der Waals surface area contributed by atoms with Crippen molar-refractivity contribution in [2.75, 3.05) is 0 Å². The Hall–Kier alpha value is 0.881. The molecule has 4 nitrogen and oxygen atoms in total. The molecule has 0 saturated carbocycles. The Bertz CT molecular complexity index is 416. The molecule has 0 saturated heterocycles. The van der Waals surface area contributed by atoms with Gasteiger partial charge in [0.25, 0.3) is 9.28 Å². The third-order valence-corrected chi connectivity index (χ3v) is 20.9. The molecule has 0 aromatic carbocycles. The standard InChI is InChI=1S/C10H28O2Si3.C7H22O2Si3.C3H6/c1-9-10-15(8,11-13(2,3)4)12-14(5,6)7;1-10(8-11(2,3)4)9-12(5,6)7;1-3-2/h9-10H2,1-8H3;10H,1-7H3;3H,1H2,2H3. The van der Waals surface area contributed by atoms with E-state index in [0.717, 1.165) is 12.5 Å². The predicted octanol–water partition coefficient (Wildman–Crippen LogP) is 7.90. The maximum atomic E-state index is 6.33. The minimum absolute atomic E-state index is 1.13. The highest BCUT2D eigenvalue weighted by Gasteiger charge is 2.39. The quantitative estimate of drug-likeness (QED) is 0.213. The molecule has 0 aliphatic rings. The van der Waals surface area contributed by atoms with Crippen molar-refractivity contribution in [3.63, 3.8) is 0 Å². The lowest BCUT2D eigenvalue weighted by atomic mass is 10.6. The molecule has 184 valence electrons. The number of allylic oxidation sites excluding steroid dienone is 1. The first-order chi connectivity index (χ1) is 13.0. The Balaban J connectivity index is -0.000000437. The van der Waals surface area contributed by atoms with E-state index in [4.69, 9.17) is 16.5 Å². The predicted molar refractivity (Wildman–Crippen MR) is 153 cm³/mol. The summed E-state index contributed by atoms with van der Waals surface area (Å²) < 4.78 is 24.5. The molecule has 0 aliphatic carbocycles. The summed E-state index contributed by atoms with van der Waals surface area (Å²) in [5.41, 5.74) is 0. The second kappa shape index (κ2) is 14.9. The van der Waals surface area contributed by atoms with E-state index in [2.05, 4.69) is 105 Å². The van der Waals surface area contributed by atoms with Gasteiger partial charge in [0.15, 0.2) is 33.3 Å². The van der Waals surface area contributed by atoms with Crippen LogP contribution in [0, 0.1) is 0 Å². The number of rotatable bonds is 10. The summed E-state index contributed by atoms with van der Waals surface area (Å²) in [5.74, 6) is 0. The van der Waals surface area contributed by atoms with Crippen molar-refractivity contribution >= 4 is 51.1 Å². The zero-order valence-electron chi connectivity index (χ0n) is 23.4. The van der Waals surface area contributed by atoms with Crippen LogP contribution >= 0.6 is 0 Å². The fourth-order valence-corrected chi connectivity index (χ4v) is 24.1. The summed E-state index contributed by atoms with van der Waals surface area (Å²) in [6.45, 7) is 38.6. The third-order valence-electron chi connectivity index (χ3n) is 2.79. The second-order valence-electron chi connectivity index (χ2n) is 11.7. The van der Waals surface area contributed by atoms with Crippen LogP contribution < -0.4 is 0 Å². The van der Waals surface area contributed by atoms with Gasteiger partial charge in [0.1, 0.15) is 0 Å². The zero-order valence-corrected chi connectivity index (χ0v) is 29.6. The summed E-state index contributed by atoms with van der Waals surface area (Å²) in [7, 11) is -8.89. The van der Waals surface area contributed by atoms with Crippen LogP contribution in [0.5, 0.6) is 0 Å². The molecular weight excluding hydrogens is 473 g/mol. The fourth-order valence-electron chi connectivity index (χ4n) is 2.89. The van der Waals surface area contributed by atoms with Gasteiger partial charge < -0.3 is 16.5 Å². The summed E-state index contributed by atoms with van der Waals surface area (Å²) >= 11 is 0. The minimum atomic E-state index is -1.90. The van der Waals surface area contributed by atoms with Gasteiger partial charge in [-0.1, -0.05) is 19.4 Å². The van der Waals surface area contributed by atoms with Gasteiger partial charge in [-0.25, -0.2) is 0 Å². The van der Waals surface area contributed by atoms with Crippen LogP contribution in [0.25, 0.3) is 0 Å². The van der Waals surface area contributed by atoms with Crippen molar-refractivity contribution in [3.05, 3.63) is 12.7 Å². The molecule has 0 aromatic heterocycles. The molecule has 0 aromatic rings. The van der Waals surface area contributed by atoms with Crippen molar-refractivity contribution in [2.24, 2.45) is 0 Å². The second-order valence-corrected chi connectivity index (χ2v) is 36.1. The fraction of sp³-hybridized carbons (Fsp3) is 0.900. The number of hydrogen-bond donors (Lipinski definition) is 0. The largest absolute Gasteiger partial charge is 0.439 e. The molecule has 0 bridgehead atoms. The molecule has 0 fully saturated rings. The van der Waals surface area contributed by atoms with Crippen LogP contribution in [-0.4, -0.2) is 51.1 Å². The molecule has 0 amide bonds. The molecule has 0 spiro atoms. The van der Waals surface area contributed by atoms with E-state index in [1.807, 2.05) is 6.92 Å². The van der Waals surface area contributed by atoms with E-state index in [1.165, 1.54) is 0 Å². The van der Waals surface area contributed by atoms with E-state index >= 15 is 0 Å². The Morgan fingerprint density at radius 2 is 0.933 bits per heavy atom. The van der Waals surface area contributed by atoms with E-state index in [-0.39, 0.29) is 0 Å². The molecule has 0 N–H and O–H groups in total. The van der Waals surface area contributed by atoms with Crippen LogP contribution in [0.3, 0.4) is 0 Å². The SMILES string of the molecule is C=CC.CCC[Si](C)(O[Si](C)(C)C)O[Si](C)(C)C.C[SiH](O[Si](C)(C)C)O[Si](C)(C)C. The highest BCUT2D eigenvalue weighted by molar-refractivity contribution is 6.87. The Kier molecular flexibility index (Phi) is 17.6. The van der Waals surface area contributed by atoms with Crippen LogP contribution in [0.2, 0.25) is 97.7 Å². The van der Waals surface area contributed by atoms with E-state index in [1.54, 1.807) is 6.08 Å². The maximum Gasteiger partial charge on any atom is 0.314 e. The first-order valence-electron chi connectivity index (χ1n) is 11.3. The topological polar surface area (TPSA) is 36.9 Å². The highest BCUT2D eigenvalue weighted by Crippen LogP contribution is 2.25. The molecular formula is C20H56O4Si6. The first-order valence-corrected chi connectivity index (χ1v) is 29.6. The minimum Gasteiger partial charge on any atom is -0.439 e. The van der Waals surface area contributed by atoms with Crippen LogP contribution in [-0.2, 0) is 16.5 Å². The van der Waals surface area contributed by atoms with Gasteiger partial charge in [-0.05, 0) is 105 Å². The van der Waals surface area contributed by atoms with E-state index in [0.29, 0.717) is 0 Å². The number of hydrogen-bond acceptors (Lipinski definition) is 4. The van der Waals surface area contributed by atoms with Crippen LogP contribution in [0.1, 0.15) is 20.3 Å². The summed E-state index contributed by atoms with van der Waals surface area (Å²) in [6, 6.07) is 1.13. The van der Waals surface area contributed by atoms with Crippen molar-refractivity contribution < 1.29 is 16.5 Å². The molecule has 0 heterocycles. The van der Waals surface area contributed by atoms with Gasteiger partial charge >= 0.3 is 8.56 Å². The van der Waals surface area contributed by atoms with Crippen molar-refractivity contribution in [3.8, 4) is 0 Å². The molecule has 0 aliphatic heterocycles. The normalized spacial score (nSPS) is 13.2. The Morgan fingerprint density at radius 3 is 1.10 bits per heavy atom. The summed E-state index contributed by atoms with van der Waals surface area (Å²) in [5, 5.41) is 0. The van der Waals surface area contributed by atoms with Crippen molar-refractivity contribution in [2.45, 2.75) is 118 Å². The maximum absolute atomic E-state index is 6.33. The molecule has 30 heavy (non-hydrogen) atoms. The van der Waals surface area contributed by atoms with E-state index in [9.17, 15) is 0 Å². The molecule has 0 rings (SSSR count). The lowest BCUT2D eigenvalue weighted by Crippen LogP contribution is -2.52. The Morgan fingerprint density at radius 1 is 0.667 bits per heavy atom. The van der Waals surface area contributed by atoms with Gasteiger partial charge in [-0.3, -0.25) is 0 Å². The first kappa shape index (κ1) is 35.5. The monoisotopic (exact) mass is 528 g/mol. The summed E-state index contributed by atoms with van der Waals surface area (Å²) in [4.78, 5) is 0. The van der Waals surface area contributed by atoms with Gasteiger partial charge in [0, 0.05) is 0 Å². The van der Waals surface area contributed by atoms with Crippen molar-refractivity contribution in [1.29, 1.82) is 0 Å². The summed E-state index contributed by atoms with van der Waals surface area (Å²) in [6.07, 6.45) is 2.91. The average molecular weight is 529 g/mol. The van der Waals surface area contributed by atoms with Gasteiger partial charge in [-0.15, -0.1) is 6.58 Å². The average Bonchev–Trinajstić information content (AvgIpc) is 2.29. The smallest absolute Gasteiger partial charge is 0.314 e. The van der Waals surface area contributed by atoms with Gasteiger partial charge in [-0.2, -0.15) is 0 Å².